The highest BCUT2D eigenvalue weighted by molar-refractivity contribution is 9.10. The van der Waals surface area contributed by atoms with Gasteiger partial charge in [-0.3, -0.25) is 4.79 Å². The van der Waals surface area contributed by atoms with Crippen LogP contribution in [0, 0.1) is 0 Å². The first-order chi connectivity index (χ1) is 9.52. The number of carbonyl (C=O) groups is 1. The first-order valence-corrected chi connectivity index (χ1v) is 7.65. The summed E-state index contributed by atoms with van der Waals surface area (Å²) < 4.78 is 6.03. The molecular weight excluding hydrogens is 320 g/mol. The van der Waals surface area contributed by atoms with Crippen molar-refractivity contribution in [3.63, 3.8) is 0 Å². The van der Waals surface area contributed by atoms with Gasteiger partial charge >= 0.3 is 0 Å². The summed E-state index contributed by atoms with van der Waals surface area (Å²) in [5.74, 6) is 0.773. The molecule has 1 saturated heterocycles. The molecule has 1 aromatic rings. The predicted molar refractivity (Wildman–Crippen MR) is 83.3 cm³/mol. The molecule has 0 spiro atoms. The van der Waals surface area contributed by atoms with Gasteiger partial charge in [0.05, 0.1) is 12.7 Å². The summed E-state index contributed by atoms with van der Waals surface area (Å²) in [7, 11) is 3.72. The third kappa shape index (κ3) is 3.33. The molecule has 0 bridgehead atoms. The van der Waals surface area contributed by atoms with E-state index in [4.69, 9.17) is 4.74 Å². The second-order valence-electron chi connectivity index (χ2n) is 5.31. The fourth-order valence-electron chi connectivity index (χ4n) is 2.62. The zero-order valence-corrected chi connectivity index (χ0v) is 13.8. The molecule has 1 aromatic carbocycles. The molecule has 5 heteroatoms. The normalized spacial score (nSPS) is 20.6. The van der Waals surface area contributed by atoms with E-state index in [1.54, 1.807) is 13.2 Å². The van der Waals surface area contributed by atoms with E-state index < -0.39 is 0 Å². The second-order valence-corrected chi connectivity index (χ2v) is 6.16. The third-order valence-corrected chi connectivity index (χ3v) is 4.40. The Morgan fingerprint density at radius 3 is 2.85 bits per heavy atom. The van der Waals surface area contributed by atoms with Crippen LogP contribution in [-0.4, -0.2) is 55.5 Å². The fourth-order valence-corrected chi connectivity index (χ4v) is 3.04. The molecule has 1 amide bonds. The van der Waals surface area contributed by atoms with Crippen LogP contribution in [-0.2, 0) is 0 Å². The molecule has 1 aliphatic heterocycles. The number of nitrogens with zero attached hydrogens (tertiary/aromatic N) is 2. The van der Waals surface area contributed by atoms with Gasteiger partial charge in [-0.15, -0.1) is 0 Å². The van der Waals surface area contributed by atoms with Crippen LogP contribution in [0.15, 0.2) is 22.7 Å². The monoisotopic (exact) mass is 340 g/mol. The van der Waals surface area contributed by atoms with Gasteiger partial charge in [-0.25, -0.2) is 0 Å². The van der Waals surface area contributed by atoms with Crippen molar-refractivity contribution in [1.29, 1.82) is 0 Å². The topological polar surface area (TPSA) is 32.8 Å². The van der Waals surface area contributed by atoms with E-state index in [2.05, 4.69) is 34.8 Å². The van der Waals surface area contributed by atoms with Crippen LogP contribution in [0.25, 0.3) is 0 Å². The van der Waals surface area contributed by atoms with Gasteiger partial charge in [0.2, 0.25) is 0 Å². The number of methoxy groups -OCH3 is 1. The van der Waals surface area contributed by atoms with Crippen LogP contribution >= 0.6 is 15.9 Å². The number of amides is 1. The second kappa shape index (κ2) is 6.59. The summed E-state index contributed by atoms with van der Waals surface area (Å²) in [6, 6.07) is 5.72. The first-order valence-electron chi connectivity index (χ1n) is 6.86. The van der Waals surface area contributed by atoms with Gasteiger partial charge in [0.1, 0.15) is 5.75 Å². The Bertz CT molecular complexity index is 493. The van der Waals surface area contributed by atoms with Crippen LogP contribution in [0.1, 0.15) is 23.7 Å². The van der Waals surface area contributed by atoms with Gasteiger partial charge in [-0.1, -0.05) is 0 Å². The van der Waals surface area contributed by atoms with Crippen LogP contribution in [0.3, 0.4) is 0 Å². The van der Waals surface area contributed by atoms with Gasteiger partial charge < -0.3 is 14.5 Å². The highest BCUT2D eigenvalue weighted by atomic mass is 79.9. The minimum atomic E-state index is 0.0681. The van der Waals surface area contributed by atoms with E-state index >= 15 is 0 Å². The Morgan fingerprint density at radius 1 is 1.40 bits per heavy atom. The minimum absolute atomic E-state index is 0.0681. The van der Waals surface area contributed by atoms with E-state index in [1.165, 1.54) is 0 Å². The Hall–Kier alpha value is -1.07. The molecule has 1 heterocycles. The van der Waals surface area contributed by atoms with Crippen molar-refractivity contribution in [3.8, 4) is 5.75 Å². The summed E-state index contributed by atoms with van der Waals surface area (Å²) in [5.41, 5.74) is 0.667. The number of halogens is 1. The van der Waals surface area contributed by atoms with Crippen molar-refractivity contribution in [2.45, 2.75) is 19.4 Å². The van der Waals surface area contributed by atoms with Crippen LogP contribution in [0.5, 0.6) is 5.75 Å². The number of rotatable bonds is 2. The quantitative estimate of drug-likeness (QED) is 0.829. The lowest BCUT2D eigenvalue weighted by Crippen LogP contribution is -2.42. The summed E-state index contributed by atoms with van der Waals surface area (Å²) >= 11 is 3.46. The molecule has 110 valence electrons. The highest BCUT2D eigenvalue weighted by Crippen LogP contribution is 2.25. The third-order valence-electron chi connectivity index (χ3n) is 3.71. The molecule has 4 nitrogen and oxygen atoms in total. The molecule has 0 aliphatic carbocycles. The number of hydrogen-bond donors (Lipinski definition) is 0. The smallest absolute Gasteiger partial charge is 0.255 e. The average molecular weight is 341 g/mol. The van der Waals surface area contributed by atoms with Crippen molar-refractivity contribution in [1.82, 2.24) is 9.80 Å². The Balaban J connectivity index is 2.25. The Kier molecular flexibility index (Phi) is 5.05. The summed E-state index contributed by atoms with van der Waals surface area (Å²) in [6.45, 7) is 4.85. The lowest BCUT2D eigenvalue weighted by molar-refractivity contribution is 0.0695. The maximum atomic E-state index is 12.8. The molecule has 0 aromatic heterocycles. The lowest BCUT2D eigenvalue weighted by Gasteiger charge is -2.28. The van der Waals surface area contributed by atoms with E-state index in [0.717, 1.165) is 30.5 Å². The van der Waals surface area contributed by atoms with Crippen LogP contribution in [0.2, 0.25) is 0 Å². The number of hydrogen-bond acceptors (Lipinski definition) is 3. The van der Waals surface area contributed by atoms with Gasteiger partial charge in [0, 0.05) is 23.6 Å². The molecule has 1 aliphatic rings. The number of benzene rings is 1. The van der Waals surface area contributed by atoms with Gasteiger partial charge in [0.15, 0.2) is 0 Å². The number of ether oxygens (including phenoxy) is 1. The molecule has 1 unspecified atom stereocenters. The Labute approximate surface area is 128 Å². The van der Waals surface area contributed by atoms with Gasteiger partial charge in [-0.05, 0) is 61.1 Å². The maximum Gasteiger partial charge on any atom is 0.255 e. The van der Waals surface area contributed by atoms with Crippen molar-refractivity contribution in [3.05, 3.63) is 28.2 Å². The lowest BCUT2D eigenvalue weighted by atomic mass is 10.1. The number of likely N-dealkylation sites (N-methyl/N-ethyl adjacent to an activating group) is 1. The first kappa shape index (κ1) is 15.3. The van der Waals surface area contributed by atoms with Crippen LogP contribution < -0.4 is 4.74 Å². The number of carbonyl (C=O) groups excluding carboxylic acids is 1. The molecule has 0 saturated carbocycles. The molecule has 0 radical (unpaired) electrons. The van der Waals surface area contributed by atoms with Gasteiger partial charge in [0.25, 0.3) is 5.91 Å². The largest absolute Gasteiger partial charge is 0.497 e. The minimum Gasteiger partial charge on any atom is -0.497 e. The molecule has 0 N–H and O–H groups in total. The summed E-state index contributed by atoms with van der Waals surface area (Å²) in [6.07, 6.45) is 1.01. The maximum absolute atomic E-state index is 12.8. The summed E-state index contributed by atoms with van der Waals surface area (Å²) in [4.78, 5) is 17.0. The zero-order chi connectivity index (χ0) is 14.7. The van der Waals surface area contributed by atoms with Gasteiger partial charge in [-0.2, -0.15) is 0 Å². The Morgan fingerprint density at radius 2 is 2.15 bits per heavy atom. The average Bonchev–Trinajstić information content (AvgIpc) is 2.59. The van der Waals surface area contributed by atoms with Crippen molar-refractivity contribution < 1.29 is 9.53 Å². The highest BCUT2D eigenvalue weighted by Gasteiger charge is 2.26. The van der Waals surface area contributed by atoms with E-state index in [-0.39, 0.29) is 11.9 Å². The molecule has 20 heavy (non-hydrogen) atoms. The van der Waals surface area contributed by atoms with Crippen molar-refractivity contribution >= 4 is 21.8 Å². The molecule has 2 rings (SSSR count). The standard InChI is InChI=1S/C15H21BrN2O2/c1-11-10-17(2)7-4-8-18(11)15(19)13-9-12(20-3)5-6-14(13)16/h5-6,9,11H,4,7-8,10H2,1-3H3. The fraction of sp³-hybridized carbons (Fsp3) is 0.533. The SMILES string of the molecule is COc1ccc(Br)c(C(=O)N2CCCN(C)CC2C)c1. The van der Waals surface area contributed by atoms with Crippen molar-refractivity contribution in [2.24, 2.45) is 0 Å². The van der Waals surface area contributed by atoms with Crippen LogP contribution in [0.4, 0.5) is 0 Å². The van der Waals surface area contributed by atoms with Crippen molar-refractivity contribution in [2.75, 3.05) is 33.8 Å². The summed E-state index contributed by atoms with van der Waals surface area (Å²) in [5, 5.41) is 0. The zero-order valence-electron chi connectivity index (χ0n) is 12.2. The molecule has 1 atom stereocenters. The predicted octanol–water partition coefficient (Wildman–Crippen LogP) is 2.62. The molecule has 1 fully saturated rings. The van der Waals surface area contributed by atoms with E-state index in [0.29, 0.717) is 11.3 Å². The van der Waals surface area contributed by atoms with E-state index in [1.807, 2.05) is 17.0 Å². The molecular formula is C15H21BrN2O2. The van der Waals surface area contributed by atoms with E-state index in [9.17, 15) is 4.79 Å².